The van der Waals surface area contributed by atoms with Crippen molar-refractivity contribution in [2.75, 3.05) is 40.5 Å². The van der Waals surface area contributed by atoms with Gasteiger partial charge in [0.1, 0.15) is 5.02 Å². The van der Waals surface area contributed by atoms with Crippen molar-refractivity contribution in [1.29, 1.82) is 0 Å². The summed E-state index contributed by atoms with van der Waals surface area (Å²) in [7, 11) is -1.22. The normalized spacial score (nSPS) is 15.1. The van der Waals surface area contributed by atoms with Crippen LogP contribution >= 0.6 is 22.9 Å². The lowest BCUT2D eigenvalue weighted by molar-refractivity contribution is -0.384. The molecule has 14 heteroatoms. The number of amides is 1. The Balaban J connectivity index is 1.60. The van der Waals surface area contributed by atoms with Crippen LogP contribution in [0.3, 0.4) is 0 Å². The monoisotopic (exact) mass is 637 g/mol. The van der Waals surface area contributed by atoms with E-state index in [9.17, 15) is 23.3 Å². The van der Waals surface area contributed by atoms with Crippen LogP contribution in [0, 0.1) is 10.1 Å². The highest BCUT2D eigenvalue weighted by molar-refractivity contribution is 7.89. The zero-order chi connectivity index (χ0) is 30.3. The van der Waals surface area contributed by atoms with Crippen LogP contribution in [0.15, 0.2) is 58.8 Å². The molecule has 1 atom stereocenters. The van der Waals surface area contributed by atoms with Crippen molar-refractivity contribution in [3.63, 3.8) is 0 Å². The van der Waals surface area contributed by atoms with E-state index in [0.717, 1.165) is 27.2 Å². The van der Waals surface area contributed by atoms with Gasteiger partial charge in [-0.25, -0.2) is 8.42 Å². The lowest BCUT2D eigenvalue weighted by atomic mass is 10.1. The van der Waals surface area contributed by atoms with Crippen LogP contribution in [0.4, 0.5) is 5.69 Å². The number of sulfonamides is 1. The maximum Gasteiger partial charge on any atom is 0.289 e. The summed E-state index contributed by atoms with van der Waals surface area (Å²) < 4.78 is 45.1. The first-order chi connectivity index (χ1) is 20.1. The number of nitro benzene ring substituents is 1. The van der Waals surface area contributed by atoms with E-state index in [2.05, 4.69) is 0 Å². The minimum atomic E-state index is -4.32. The molecule has 0 saturated carbocycles. The molecule has 42 heavy (non-hydrogen) atoms. The number of benzene rings is 2. The fourth-order valence-electron chi connectivity index (χ4n) is 4.64. The van der Waals surface area contributed by atoms with E-state index in [1.807, 2.05) is 29.6 Å². The van der Waals surface area contributed by atoms with Crippen LogP contribution in [-0.4, -0.2) is 75.0 Å². The SMILES string of the molecule is COc1ccc(CCN(Cc2cccs2)C(=O)CN(CC2CCCO2)S(=O)(=O)c2ccc(Cl)c([N+](=O)[O-])c2)cc1OC. The fourth-order valence-corrected chi connectivity index (χ4v) is 6.99. The molecule has 1 unspecified atom stereocenters. The average molecular weight is 638 g/mol. The number of carbonyl (C=O) groups excluding carboxylic acids is 1. The molecule has 226 valence electrons. The first-order valence-electron chi connectivity index (χ1n) is 13.2. The van der Waals surface area contributed by atoms with Gasteiger partial charge in [-0.2, -0.15) is 4.31 Å². The van der Waals surface area contributed by atoms with E-state index in [1.54, 1.807) is 25.2 Å². The maximum atomic E-state index is 13.8. The van der Waals surface area contributed by atoms with Gasteiger partial charge in [0, 0.05) is 30.6 Å². The van der Waals surface area contributed by atoms with E-state index in [-0.39, 0.29) is 16.5 Å². The summed E-state index contributed by atoms with van der Waals surface area (Å²) in [6, 6.07) is 12.6. The topological polar surface area (TPSA) is 129 Å². The first-order valence-corrected chi connectivity index (χ1v) is 15.9. The lowest BCUT2D eigenvalue weighted by Crippen LogP contribution is -2.45. The van der Waals surface area contributed by atoms with Crippen LogP contribution in [0.2, 0.25) is 5.02 Å². The lowest BCUT2D eigenvalue weighted by Gasteiger charge is -2.28. The van der Waals surface area contributed by atoms with Gasteiger partial charge in [0.2, 0.25) is 15.9 Å². The maximum absolute atomic E-state index is 13.8. The largest absolute Gasteiger partial charge is 0.493 e. The second-order valence-corrected chi connectivity index (χ2v) is 13.0. The third-order valence-electron chi connectivity index (χ3n) is 6.89. The van der Waals surface area contributed by atoms with Crippen molar-refractivity contribution in [1.82, 2.24) is 9.21 Å². The van der Waals surface area contributed by atoms with Crippen LogP contribution < -0.4 is 9.47 Å². The number of thiophene rings is 1. The molecular formula is C28H32ClN3O8S2. The third-order valence-corrected chi connectivity index (χ3v) is 9.88. The number of ether oxygens (including phenoxy) is 3. The van der Waals surface area contributed by atoms with Crippen LogP contribution in [0.25, 0.3) is 0 Å². The molecule has 11 nitrogen and oxygen atoms in total. The number of nitrogens with zero attached hydrogens (tertiary/aromatic N) is 3. The second kappa shape index (κ2) is 14.3. The van der Waals surface area contributed by atoms with E-state index >= 15 is 0 Å². The Labute approximate surface area is 253 Å². The molecule has 1 aliphatic heterocycles. The zero-order valence-electron chi connectivity index (χ0n) is 23.2. The number of halogens is 1. The first kappa shape index (κ1) is 31.7. The van der Waals surface area contributed by atoms with Crippen LogP contribution in [0.1, 0.15) is 23.3 Å². The van der Waals surface area contributed by atoms with Gasteiger partial charge in [-0.15, -0.1) is 11.3 Å². The molecule has 4 rings (SSSR count). The van der Waals surface area contributed by atoms with Crippen molar-refractivity contribution in [3.8, 4) is 11.5 Å². The zero-order valence-corrected chi connectivity index (χ0v) is 25.6. The van der Waals surface area contributed by atoms with Gasteiger partial charge < -0.3 is 19.1 Å². The molecule has 1 fully saturated rings. The van der Waals surface area contributed by atoms with Gasteiger partial charge in [0.25, 0.3) is 5.69 Å². The molecule has 1 aromatic heterocycles. The van der Waals surface area contributed by atoms with E-state index in [4.69, 9.17) is 25.8 Å². The molecule has 1 saturated heterocycles. The van der Waals surface area contributed by atoms with Crippen molar-refractivity contribution < 1.29 is 32.3 Å². The smallest absolute Gasteiger partial charge is 0.289 e. The minimum Gasteiger partial charge on any atom is -0.493 e. The predicted molar refractivity (Wildman–Crippen MR) is 159 cm³/mol. The molecule has 0 aliphatic carbocycles. The molecular weight excluding hydrogens is 606 g/mol. The second-order valence-electron chi connectivity index (χ2n) is 9.64. The third kappa shape index (κ3) is 7.78. The van der Waals surface area contributed by atoms with E-state index < -0.39 is 39.2 Å². The van der Waals surface area contributed by atoms with Gasteiger partial charge >= 0.3 is 0 Å². The van der Waals surface area contributed by atoms with Crippen molar-refractivity contribution in [2.45, 2.75) is 36.8 Å². The van der Waals surface area contributed by atoms with E-state index in [1.165, 1.54) is 23.5 Å². The molecule has 3 aromatic rings. The quantitative estimate of drug-likeness (QED) is 0.183. The molecule has 0 radical (unpaired) electrons. The number of hydrogen-bond donors (Lipinski definition) is 0. The number of methoxy groups -OCH3 is 2. The summed E-state index contributed by atoms with van der Waals surface area (Å²) in [4.78, 5) is 26.8. The van der Waals surface area contributed by atoms with Gasteiger partial charge in [-0.05, 0) is 60.5 Å². The van der Waals surface area contributed by atoms with Gasteiger partial charge in [-0.3, -0.25) is 14.9 Å². The summed E-state index contributed by atoms with van der Waals surface area (Å²) in [5.41, 5.74) is 0.379. The molecule has 1 aliphatic rings. The number of carbonyl (C=O) groups is 1. The van der Waals surface area contributed by atoms with Crippen molar-refractivity contribution in [2.24, 2.45) is 0 Å². The highest BCUT2D eigenvalue weighted by atomic mass is 35.5. The molecule has 1 amide bonds. The van der Waals surface area contributed by atoms with Gasteiger partial charge in [0.05, 0.1) is 43.2 Å². The Morgan fingerprint density at radius 1 is 1.17 bits per heavy atom. The highest BCUT2D eigenvalue weighted by Gasteiger charge is 2.33. The Bertz CT molecular complexity index is 1490. The summed E-state index contributed by atoms with van der Waals surface area (Å²) in [6.07, 6.45) is 1.50. The Morgan fingerprint density at radius 3 is 2.60 bits per heavy atom. The Kier molecular flexibility index (Phi) is 10.8. The van der Waals surface area contributed by atoms with Crippen molar-refractivity contribution in [3.05, 3.63) is 79.5 Å². The number of nitro groups is 1. The summed E-state index contributed by atoms with van der Waals surface area (Å²) in [6.45, 7) is 0.578. The summed E-state index contributed by atoms with van der Waals surface area (Å²) in [5, 5.41) is 13.2. The summed E-state index contributed by atoms with van der Waals surface area (Å²) >= 11 is 7.42. The minimum absolute atomic E-state index is 0.0625. The summed E-state index contributed by atoms with van der Waals surface area (Å²) in [5.74, 6) is 0.746. The Hall–Kier alpha value is -3.23. The van der Waals surface area contributed by atoms with Gasteiger partial charge in [0.15, 0.2) is 11.5 Å². The molecule has 2 aromatic carbocycles. The molecule has 0 bridgehead atoms. The fraction of sp³-hybridized carbons (Fsp3) is 0.393. The van der Waals surface area contributed by atoms with E-state index in [0.29, 0.717) is 44.0 Å². The standard InChI is InChI=1S/C28H32ClN3O8S2/c1-38-26-10-7-20(15-27(26)39-2)11-12-30(18-22-6-4-14-41-22)28(33)19-31(17-21-5-3-13-40-21)42(36,37)23-8-9-24(29)25(16-23)32(34)35/h4,6-10,14-16,21H,3,5,11-13,17-19H2,1-2H3. The van der Waals surface area contributed by atoms with Crippen LogP contribution in [0.5, 0.6) is 11.5 Å². The highest BCUT2D eigenvalue weighted by Crippen LogP contribution is 2.30. The Morgan fingerprint density at radius 2 is 1.95 bits per heavy atom. The predicted octanol–water partition coefficient (Wildman–Crippen LogP) is 4.77. The van der Waals surface area contributed by atoms with Crippen LogP contribution in [-0.2, 0) is 32.5 Å². The molecule has 2 heterocycles. The molecule has 0 N–H and O–H groups in total. The number of hydrogen-bond acceptors (Lipinski definition) is 9. The molecule has 0 spiro atoms. The van der Waals surface area contributed by atoms with Gasteiger partial charge in [-0.1, -0.05) is 23.7 Å². The van der Waals surface area contributed by atoms with Crippen molar-refractivity contribution >= 4 is 44.6 Å². The average Bonchev–Trinajstić information content (AvgIpc) is 3.69. The number of rotatable bonds is 14.